The highest BCUT2D eigenvalue weighted by atomic mass is 19.1. The fourth-order valence-electron chi connectivity index (χ4n) is 3.64. The van der Waals surface area contributed by atoms with E-state index in [9.17, 15) is 18.4 Å². The van der Waals surface area contributed by atoms with Crippen LogP contribution >= 0.6 is 0 Å². The Morgan fingerprint density at radius 1 is 1.06 bits per heavy atom. The SMILES string of the molecule is CC(=O)[C@H](C[C@@H](N)Cc1cc(F)cc(F)c1)N(CCNCc1ccccc1)C(=O)OC(C)(C)C. The number of nitrogens with two attached hydrogens (primary N) is 1. The van der Waals surface area contributed by atoms with E-state index in [0.29, 0.717) is 18.7 Å². The molecule has 8 heteroatoms. The topological polar surface area (TPSA) is 84.7 Å². The smallest absolute Gasteiger partial charge is 0.410 e. The number of hydrogen-bond acceptors (Lipinski definition) is 5. The molecule has 0 aliphatic heterocycles. The summed E-state index contributed by atoms with van der Waals surface area (Å²) in [5.41, 5.74) is 6.99. The van der Waals surface area contributed by atoms with Crippen molar-refractivity contribution < 1.29 is 23.1 Å². The summed E-state index contributed by atoms with van der Waals surface area (Å²) in [4.78, 5) is 26.9. The number of ether oxygens (including phenoxy) is 1. The van der Waals surface area contributed by atoms with E-state index in [2.05, 4.69) is 5.32 Å². The summed E-state index contributed by atoms with van der Waals surface area (Å²) in [7, 11) is 0. The Kier molecular flexibility index (Phi) is 10.1. The van der Waals surface area contributed by atoms with Crippen LogP contribution in [-0.4, -0.2) is 47.6 Å². The van der Waals surface area contributed by atoms with Crippen LogP contribution in [0.2, 0.25) is 0 Å². The number of nitrogens with zero attached hydrogens (tertiary/aromatic N) is 1. The Hall–Kier alpha value is -2.84. The maximum absolute atomic E-state index is 13.5. The van der Waals surface area contributed by atoms with Crippen LogP contribution in [-0.2, 0) is 22.5 Å². The second-order valence-electron chi connectivity index (χ2n) is 9.44. The van der Waals surface area contributed by atoms with E-state index >= 15 is 0 Å². The van der Waals surface area contributed by atoms with Crippen molar-refractivity contribution in [3.8, 4) is 0 Å². The van der Waals surface area contributed by atoms with Gasteiger partial charge in [0, 0.05) is 31.7 Å². The summed E-state index contributed by atoms with van der Waals surface area (Å²) in [6.45, 7) is 7.93. The van der Waals surface area contributed by atoms with Crippen LogP contribution < -0.4 is 11.1 Å². The molecular formula is C26H35F2N3O3. The highest BCUT2D eigenvalue weighted by molar-refractivity contribution is 5.85. The summed E-state index contributed by atoms with van der Waals surface area (Å²) in [6, 6.07) is 11.6. The van der Waals surface area contributed by atoms with Gasteiger partial charge in [0.25, 0.3) is 0 Å². The number of amides is 1. The number of Topliss-reactive ketones (excluding diaryl/α,β-unsaturated/α-hetero) is 1. The first-order valence-corrected chi connectivity index (χ1v) is 11.4. The summed E-state index contributed by atoms with van der Waals surface area (Å²) in [5, 5.41) is 3.27. The van der Waals surface area contributed by atoms with Crippen LogP contribution in [0.3, 0.4) is 0 Å². The van der Waals surface area contributed by atoms with Gasteiger partial charge in [-0.1, -0.05) is 30.3 Å². The second-order valence-corrected chi connectivity index (χ2v) is 9.44. The quantitative estimate of drug-likeness (QED) is 0.476. The third kappa shape index (κ3) is 9.57. The number of rotatable bonds is 11. The first-order chi connectivity index (χ1) is 15.9. The van der Waals surface area contributed by atoms with E-state index in [0.717, 1.165) is 11.6 Å². The van der Waals surface area contributed by atoms with E-state index in [-0.39, 0.29) is 25.2 Å². The van der Waals surface area contributed by atoms with Crippen LogP contribution in [0.25, 0.3) is 0 Å². The van der Waals surface area contributed by atoms with E-state index in [1.165, 1.54) is 24.0 Å². The zero-order valence-electron chi connectivity index (χ0n) is 20.3. The predicted octanol–water partition coefficient (Wildman–Crippen LogP) is 4.21. The Balaban J connectivity index is 2.10. The van der Waals surface area contributed by atoms with Crippen LogP contribution in [0.15, 0.2) is 48.5 Å². The normalized spacial score (nSPS) is 13.3. The van der Waals surface area contributed by atoms with Crippen LogP contribution in [0.4, 0.5) is 13.6 Å². The second kappa shape index (κ2) is 12.6. The lowest BCUT2D eigenvalue weighted by Crippen LogP contribution is -2.51. The monoisotopic (exact) mass is 475 g/mol. The van der Waals surface area contributed by atoms with Gasteiger partial charge in [-0.15, -0.1) is 0 Å². The van der Waals surface area contributed by atoms with Crippen molar-refractivity contribution in [2.75, 3.05) is 13.1 Å². The minimum Gasteiger partial charge on any atom is -0.444 e. The van der Waals surface area contributed by atoms with Crippen molar-refractivity contribution in [3.63, 3.8) is 0 Å². The van der Waals surface area contributed by atoms with Crippen molar-refractivity contribution in [1.82, 2.24) is 10.2 Å². The lowest BCUT2D eigenvalue weighted by atomic mass is 9.97. The highest BCUT2D eigenvalue weighted by Crippen LogP contribution is 2.17. The minimum absolute atomic E-state index is 0.130. The molecule has 0 aliphatic carbocycles. The average molecular weight is 476 g/mol. The summed E-state index contributed by atoms with van der Waals surface area (Å²) in [5.74, 6) is -1.62. The van der Waals surface area contributed by atoms with Crippen molar-refractivity contribution in [2.45, 2.75) is 64.8 Å². The van der Waals surface area contributed by atoms with E-state index in [4.69, 9.17) is 10.5 Å². The third-order valence-corrected chi connectivity index (χ3v) is 5.12. The van der Waals surface area contributed by atoms with Gasteiger partial charge in [-0.25, -0.2) is 13.6 Å². The van der Waals surface area contributed by atoms with Gasteiger partial charge >= 0.3 is 6.09 Å². The van der Waals surface area contributed by atoms with E-state index < -0.39 is 35.4 Å². The Bertz CT molecular complexity index is 928. The predicted molar refractivity (Wildman–Crippen MR) is 128 cm³/mol. The summed E-state index contributed by atoms with van der Waals surface area (Å²) < 4.78 is 32.6. The molecular weight excluding hydrogens is 440 g/mol. The first kappa shape index (κ1) is 27.4. The highest BCUT2D eigenvalue weighted by Gasteiger charge is 2.32. The van der Waals surface area contributed by atoms with Gasteiger partial charge in [0.15, 0.2) is 5.78 Å². The Labute approximate surface area is 200 Å². The molecule has 6 nitrogen and oxygen atoms in total. The molecule has 0 heterocycles. The number of benzene rings is 2. The van der Waals surface area contributed by atoms with Gasteiger partial charge in [0.1, 0.15) is 17.2 Å². The fraction of sp³-hybridized carbons (Fsp3) is 0.462. The Morgan fingerprint density at radius 3 is 2.24 bits per heavy atom. The molecule has 0 unspecified atom stereocenters. The number of ketones is 1. The van der Waals surface area contributed by atoms with Gasteiger partial charge < -0.3 is 15.8 Å². The van der Waals surface area contributed by atoms with Crippen LogP contribution in [0.5, 0.6) is 0 Å². The lowest BCUT2D eigenvalue weighted by molar-refractivity contribution is -0.122. The Morgan fingerprint density at radius 2 is 1.68 bits per heavy atom. The third-order valence-electron chi connectivity index (χ3n) is 5.12. The van der Waals surface area contributed by atoms with Gasteiger partial charge in [-0.05, 0) is 63.8 Å². The molecule has 34 heavy (non-hydrogen) atoms. The van der Waals surface area contributed by atoms with Gasteiger partial charge in [-0.3, -0.25) is 9.69 Å². The standard InChI is InChI=1S/C26H35F2N3O3/c1-18(32)24(16-23(29)14-20-12-21(27)15-22(28)13-20)31(25(33)34-26(2,3)4)11-10-30-17-19-8-6-5-7-9-19/h5-9,12-13,15,23-24,30H,10-11,14,16-17,29H2,1-4H3/t23-,24-/m0/s1. The molecule has 0 aliphatic rings. The van der Waals surface area contributed by atoms with Crippen molar-refractivity contribution in [3.05, 3.63) is 71.3 Å². The molecule has 2 aromatic carbocycles. The van der Waals surface area contributed by atoms with Gasteiger partial charge in [0.05, 0.1) is 6.04 Å². The number of halogens is 2. The maximum atomic E-state index is 13.5. The number of carbonyl (C=O) groups is 2. The summed E-state index contributed by atoms with van der Waals surface area (Å²) in [6.07, 6.45) is -0.323. The maximum Gasteiger partial charge on any atom is 0.410 e. The molecule has 0 saturated heterocycles. The molecule has 0 saturated carbocycles. The zero-order chi connectivity index (χ0) is 25.3. The number of hydrogen-bond donors (Lipinski definition) is 2. The molecule has 2 aromatic rings. The lowest BCUT2D eigenvalue weighted by Gasteiger charge is -2.33. The molecule has 0 spiro atoms. The molecule has 3 N–H and O–H groups in total. The van der Waals surface area contributed by atoms with Crippen molar-refractivity contribution >= 4 is 11.9 Å². The molecule has 2 rings (SSSR count). The molecule has 0 radical (unpaired) electrons. The fourth-order valence-corrected chi connectivity index (χ4v) is 3.64. The van der Waals surface area contributed by atoms with Crippen LogP contribution in [0.1, 0.15) is 45.2 Å². The molecule has 1 amide bonds. The summed E-state index contributed by atoms with van der Waals surface area (Å²) >= 11 is 0. The molecule has 0 bridgehead atoms. The average Bonchev–Trinajstić information content (AvgIpc) is 2.71. The first-order valence-electron chi connectivity index (χ1n) is 11.4. The van der Waals surface area contributed by atoms with Crippen LogP contribution in [0, 0.1) is 11.6 Å². The van der Waals surface area contributed by atoms with Gasteiger partial charge in [0.2, 0.25) is 0 Å². The molecule has 0 aromatic heterocycles. The molecule has 2 atom stereocenters. The minimum atomic E-state index is -0.832. The number of nitrogens with one attached hydrogen (secondary N) is 1. The van der Waals surface area contributed by atoms with Crippen molar-refractivity contribution in [2.24, 2.45) is 5.73 Å². The number of carbonyl (C=O) groups excluding carboxylic acids is 2. The molecule has 186 valence electrons. The largest absolute Gasteiger partial charge is 0.444 e. The van der Waals surface area contributed by atoms with Gasteiger partial charge in [-0.2, -0.15) is 0 Å². The van der Waals surface area contributed by atoms with Crippen molar-refractivity contribution in [1.29, 1.82) is 0 Å². The zero-order valence-corrected chi connectivity index (χ0v) is 20.3. The van der Waals surface area contributed by atoms with E-state index in [1.54, 1.807) is 20.8 Å². The van der Waals surface area contributed by atoms with E-state index in [1.807, 2.05) is 30.3 Å². The molecule has 0 fully saturated rings.